The summed E-state index contributed by atoms with van der Waals surface area (Å²) in [5, 5.41) is 14.5. The number of carbonyl (C=O) groups excluding carboxylic acids is 4. The van der Waals surface area contributed by atoms with Crippen molar-refractivity contribution in [3.8, 4) is 5.75 Å². The molecule has 1 aromatic carbocycles. The molecule has 2 rings (SSSR count). The Morgan fingerprint density at radius 1 is 1.12 bits per heavy atom. The van der Waals surface area contributed by atoms with E-state index in [1.165, 1.54) is 19.1 Å². The van der Waals surface area contributed by atoms with E-state index in [1.807, 2.05) is 13.8 Å². The van der Waals surface area contributed by atoms with Crippen LogP contribution in [0.25, 0.3) is 0 Å². The highest BCUT2D eigenvalue weighted by atomic mass is 32.2. The molecular weight excluding hydrogens is 444 g/mol. The van der Waals surface area contributed by atoms with Gasteiger partial charge >= 0.3 is 5.97 Å². The Morgan fingerprint density at radius 2 is 1.73 bits per heavy atom. The van der Waals surface area contributed by atoms with Crippen molar-refractivity contribution in [1.29, 1.82) is 0 Å². The number of hydrogen-bond donors (Lipinski definition) is 3. The van der Waals surface area contributed by atoms with E-state index in [4.69, 9.17) is 4.74 Å². The van der Waals surface area contributed by atoms with Crippen molar-refractivity contribution in [3.05, 3.63) is 29.8 Å². The van der Waals surface area contributed by atoms with Crippen LogP contribution in [0.15, 0.2) is 24.3 Å². The van der Waals surface area contributed by atoms with Crippen LogP contribution in [-0.2, 0) is 30.3 Å². The van der Waals surface area contributed by atoms with E-state index in [-0.39, 0.29) is 35.7 Å². The third-order valence-electron chi connectivity index (χ3n) is 5.66. The van der Waals surface area contributed by atoms with Crippen LogP contribution in [0.2, 0.25) is 0 Å². The van der Waals surface area contributed by atoms with Gasteiger partial charge in [-0.2, -0.15) is 0 Å². The molecule has 0 aromatic heterocycles. The minimum absolute atomic E-state index is 0.0952. The number of amides is 2. The van der Waals surface area contributed by atoms with E-state index in [9.17, 15) is 24.3 Å². The van der Waals surface area contributed by atoms with Gasteiger partial charge in [0.15, 0.2) is 5.12 Å². The van der Waals surface area contributed by atoms with Crippen molar-refractivity contribution in [1.82, 2.24) is 10.6 Å². The molecule has 0 saturated heterocycles. The summed E-state index contributed by atoms with van der Waals surface area (Å²) in [4.78, 5) is 50.7. The number of hydrogen-bond acceptors (Lipinski definition) is 7. The third kappa shape index (κ3) is 7.48. The van der Waals surface area contributed by atoms with Gasteiger partial charge in [-0.15, -0.1) is 0 Å². The van der Waals surface area contributed by atoms with Gasteiger partial charge in [0.05, 0.1) is 11.9 Å². The highest BCUT2D eigenvalue weighted by molar-refractivity contribution is 8.14. The van der Waals surface area contributed by atoms with Crippen LogP contribution in [0.3, 0.4) is 0 Å². The van der Waals surface area contributed by atoms with Gasteiger partial charge in [-0.05, 0) is 43.4 Å². The second kappa shape index (κ2) is 12.1. The van der Waals surface area contributed by atoms with Crippen LogP contribution in [0, 0.1) is 5.92 Å². The van der Waals surface area contributed by atoms with Gasteiger partial charge in [0.25, 0.3) is 0 Å². The zero-order valence-electron chi connectivity index (χ0n) is 19.7. The van der Waals surface area contributed by atoms with Crippen LogP contribution in [0.5, 0.6) is 5.75 Å². The second-order valence-electron chi connectivity index (χ2n) is 8.70. The van der Waals surface area contributed by atoms with E-state index in [2.05, 4.69) is 10.6 Å². The molecule has 33 heavy (non-hydrogen) atoms. The molecule has 1 fully saturated rings. The van der Waals surface area contributed by atoms with E-state index in [0.717, 1.165) is 30.2 Å². The molecule has 2 amide bonds. The summed E-state index contributed by atoms with van der Waals surface area (Å²) in [5.74, 6) is -1.34. The lowest BCUT2D eigenvalue weighted by atomic mass is 9.94. The molecule has 0 spiro atoms. The van der Waals surface area contributed by atoms with Gasteiger partial charge in [0.1, 0.15) is 17.3 Å². The molecule has 1 aromatic rings. The Hall–Kier alpha value is -2.55. The van der Waals surface area contributed by atoms with E-state index < -0.39 is 28.7 Å². The van der Waals surface area contributed by atoms with Crippen LogP contribution in [0.1, 0.15) is 58.9 Å². The molecule has 182 valence electrons. The fourth-order valence-corrected chi connectivity index (χ4v) is 4.76. The van der Waals surface area contributed by atoms with Crippen LogP contribution < -0.4 is 10.6 Å². The summed E-state index contributed by atoms with van der Waals surface area (Å²) < 4.78 is 5.16. The van der Waals surface area contributed by atoms with Crippen LogP contribution >= 0.6 is 11.8 Å². The van der Waals surface area contributed by atoms with Crippen LogP contribution in [-0.4, -0.2) is 51.4 Å². The average Bonchev–Trinajstić information content (AvgIpc) is 3.22. The molecule has 0 unspecified atom stereocenters. The first-order valence-electron chi connectivity index (χ1n) is 11.3. The normalized spacial score (nSPS) is 16.6. The number of rotatable bonds is 10. The zero-order valence-corrected chi connectivity index (χ0v) is 20.5. The molecular formula is C24H34N2O6S. The highest BCUT2D eigenvalue weighted by Gasteiger charge is 2.45. The molecule has 1 saturated carbocycles. The number of esters is 1. The first kappa shape index (κ1) is 26.7. The predicted molar refractivity (Wildman–Crippen MR) is 127 cm³/mol. The van der Waals surface area contributed by atoms with Gasteiger partial charge in [-0.25, -0.2) is 4.79 Å². The fourth-order valence-electron chi connectivity index (χ4n) is 3.97. The summed E-state index contributed by atoms with van der Waals surface area (Å²) in [6.07, 6.45) is 2.62. The van der Waals surface area contributed by atoms with Crippen molar-refractivity contribution in [2.45, 2.75) is 76.6 Å². The van der Waals surface area contributed by atoms with Gasteiger partial charge in [0.2, 0.25) is 11.8 Å². The molecule has 0 aliphatic heterocycles. The number of phenols is 1. The number of benzene rings is 1. The first-order chi connectivity index (χ1) is 15.6. The Kier molecular flexibility index (Phi) is 9.76. The molecule has 0 heterocycles. The van der Waals surface area contributed by atoms with Crippen molar-refractivity contribution < 1.29 is 29.0 Å². The minimum Gasteiger partial charge on any atom is -0.508 e. The summed E-state index contributed by atoms with van der Waals surface area (Å²) in [6.45, 7) is 6.99. The Labute approximate surface area is 199 Å². The minimum atomic E-state index is -1.14. The first-order valence-corrected chi connectivity index (χ1v) is 12.2. The lowest BCUT2D eigenvalue weighted by Gasteiger charge is -2.33. The maximum Gasteiger partial charge on any atom is 0.328 e. The molecule has 3 N–H and O–H groups in total. The highest BCUT2D eigenvalue weighted by Crippen LogP contribution is 2.32. The van der Waals surface area contributed by atoms with Gasteiger partial charge < -0.3 is 20.5 Å². The number of aromatic hydroxyl groups is 1. The molecule has 8 nitrogen and oxygen atoms in total. The topological polar surface area (TPSA) is 122 Å². The monoisotopic (exact) mass is 478 g/mol. The maximum atomic E-state index is 13.4. The Morgan fingerprint density at radius 3 is 2.24 bits per heavy atom. The summed E-state index contributed by atoms with van der Waals surface area (Å²) >= 11 is 0.961. The van der Waals surface area contributed by atoms with Crippen LogP contribution in [0.4, 0.5) is 0 Å². The summed E-state index contributed by atoms with van der Waals surface area (Å²) in [6, 6.07) is 5.43. The Balaban J connectivity index is 2.22. The standard InChI is InChI=1S/C24H34N2O6S/c1-5-32-22(30)19(14-17-8-10-18(28)11-9-17)25-23(31)24(12-6-7-13-24)26-21(29)20(15(2)3)33-16(4)27/h8-11,15,19-20,28H,5-7,12-14H2,1-4H3,(H,25,31)(H,26,29)/t19-,20-/m0/s1. The van der Waals surface area contributed by atoms with E-state index >= 15 is 0 Å². The number of nitrogens with one attached hydrogen (secondary N) is 2. The van der Waals surface area contributed by atoms with E-state index in [0.29, 0.717) is 12.8 Å². The largest absolute Gasteiger partial charge is 0.508 e. The van der Waals surface area contributed by atoms with Crippen molar-refractivity contribution >= 4 is 34.7 Å². The molecule has 1 aliphatic carbocycles. The molecule has 0 radical (unpaired) electrons. The summed E-state index contributed by atoms with van der Waals surface area (Å²) in [7, 11) is 0. The Bertz CT molecular complexity index is 849. The van der Waals surface area contributed by atoms with E-state index in [1.54, 1.807) is 19.1 Å². The summed E-state index contributed by atoms with van der Waals surface area (Å²) in [5.41, 5.74) is -0.394. The lowest BCUT2D eigenvalue weighted by Crippen LogP contribution is -2.61. The fraction of sp³-hybridized carbons (Fsp3) is 0.583. The molecule has 1 aliphatic rings. The van der Waals surface area contributed by atoms with Gasteiger partial charge in [0, 0.05) is 13.3 Å². The third-order valence-corrected chi connectivity index (χ3v) is 7.01. The molecule has 9 heteroatoms. The average molecular weight is 479 g/mol. The number of thioether (sulfide) groups is 1. The molecule has 0 bridgehead atoms. The quantitative estimate of drug-likeness (QED) is 0.442. The molecule has 2 atom stereocenters. The number of ether oxygens (including phenoxy) is 1. The SMILES string of the molecule is CCOC(=O)[C@H](Cc1ccc(O)cc1)NC(=O)C1(NC(=O)[C@@H](SC(C)=O)C(C)C)CCCC1. The number of carbonyl (C=O) groups is 4. The van der Waals surface area contributed by atoms with Gasteiger partial charge in [-0.1, -0.05) is 50.6 Å². The maximum absolute atomic E-state index is 13.4. The lowest BCUT2D eigenvalue weighted by molar-refractivity contribution is -0.148. The number of phenolic OH excluding ortho intramolecular Hbond substituents is 1. The van der Waals surface area contributed by atoms with Crippen molar-refractivity contribution in [2.75, 3.05) is 6.61 Å². The zero-order chi connectivity index (χ0) is 24.6. The van der Waals surface area contributed by atoms with Crippen molar-refractivity contribution in [3.63, 3.8) is 0 Å². The predicted octanol–water partition coefficient (Wildman–Crippen LogP) is 2.72. The van der Waals surface area contributed by atoms with Crippen molar-refractivity contribution in [2.24, 2.45) is 5.92 Å². The smallest absolute Gasteiger partial charge is 0.328 e. The second-order valence-corrected chi connectivity index (χ2v) is 10.0. The van der Waals surface area contributed by atoms with Gasteiger partial charge in [-0.3, -0.25) is 14.4 Å².